The first kappa shape index (κ1) is 13.7. The quantitative estimate of drug-likeness (QED) is 0.666. The van der Waals surface area contributed by atoms with Crippen molar-refractivity contribution in [2.75, 3.05) is 6.61 Å². The first-order valence-corrected chi connectivity index (χ1v) is 5.84. The number of halogens is 1. The summed E-state index contributed by atoms with van der Waals surface area (Å²) in [4.78, 5) is 15.3. The van der Waals surface area contributed by atoms with E-state index in [4.69, 9.17) is 4.74 Å². The summed E-state index contributed by atoms with van der Waals surface area (Å²) in [7, 11) is 0. The first-order valence-electron chi connectivity index (χ1n) is 5.84. The Labute approximate surface area is 115 Å². The number of carbonyl (C=O) groups is 1. The van der Waals surface area contributed by atoms with Crippen LogP contribution in [0, 0.1) is 5.82 Å². The van der Waals surface area contributed by atoms with Crippen LogP contribution >= 0.6 is 0 Å². The molecule has 102 valence electrons. The van der Waals surface area contributed by atoms with Gasteiger partial charge in [0.2, 0.25) is 0 Å². The average molecular weight is 273 g/mol. The standard InChI is InChI=1S/C14H12FN3O2/c15-12-2-1-3-13(8-12)20-10-14(19)18-17-9-11-4-6-16-7-5-11/h1-9H,10H2,(H,18,19)/b17-9-. The lowest BCUT2D eigenvalue weighted by atomic mass is 10.3. The molecule has 0 saturated heterocycles. The molecule has 0 aliphatic heterocycles. The molecule has 20 heavy (non-hydrogen) atoms. The van der Waals surface area contributed by atoms with Crippen molar-refractivity contribution >= 4 is 12.1 Å². The van der Waals surface area contributed by atoms with Gasteiger partial charge in [-0.25, -0.2) is 9.82 Å². The molecule has 0 fully saturated rings. The van der Waals surface area contributed by atoms with Gasteiger partial charge in [-0.3, -0.25) is 9.78 Å². The Morgan fingerprint density at radius 3 is 2.90 bits per heavy atom. The molecule has 0 spiro atoms. The number of nitrogens with one attached hydrogen (secondary N) is 1. The van der Waals surface area contributed by atoms with Crippen molar-refractivity contribution in [3.63, 3.8) is 0 Å². The predicted octanol–water partition coefficient (Wildman–Crippen LogP) is 1.75. The number of hydrazone groups is 1. The van der Waals surface area contributed by atoms with Crippen LogP contribution in [0.25, 0.3) is 0 Å². The van der Waals surface area contributed by atoms with Crippen molar-refractivity contribution in [1.82, 2.24) is 10.4 Å². The number of aromatic nitrogens is 1. The van der Waals surface area contributed by atoms with E-state index >= 15 is 0 Å². The van der Waals surface area contributed by atoms with Crippen molar-refractivity contribution in [2.45, 2.75) is 0 Å². The van der Waals surface area contributed by atoms with Crippen molar-refractivity contribution in [1.29, 1.82) is 0 Å². The summed E-state index contributed by atoms with van der Waals surface area (Å²) >= 11 is 0. The summed E-state index contributed by atoms with van der Waals surface area (Å²) in [6.45, 7) is -0.239. The highest BCUT2D eigenvalue weighted by molar-refractivity contribution is 5.82. The zero-order valence-electron chi connectivity index (χ0n) is 10.5. The third-order valence-corrected chi connectivity index (χ3v) is 2.27. The third-order valence-electron chi connectivity index (χ3n) is 2.27. The van der Waals surface area contributed by atoms with E-state index in [2.05, 4.69) is 15.5 Å². The summed E-state index contributed by atoms with van der Waals surface area (Å²) in [6.07, 6.45) is 4.73. The molecule has 0 atom stereocenters. The highest BCUT2D eigenvalue weighted by Crippen LogP contribution is 2.11. The van der Waals surface area contributed by atoms with Gasteiger partial charge in [0.1, 0.15) is 11.6 Å². The Kier molecular flexibility index (Phi) is 4.77. The monoisotopic (exact) mass is 273 g/mol. The molecular formula is C14H12FN3O2. The molecular weight excluding hydrogens is 261 g/mol. The Balaban J connectivity index is 1.77. The number of pyridine rings is 1. The Hall–Kier alpha value is -2.76. The van der Waals surface area contributed by atoms with E-state index in [0.29, 0.717) is 5.75 Å². The molecule has 1 amide bonds. The normalized spacial score (nSPS) is 10.4. The summed E-state index contributed by atoms with van der Waals surface area (Å²) in [5.74, 6) is -0.559. The molecule has 0 saturated carbocycles. The fourth-order valence-corrected chi connectivity index (χ4v) is 1.37. The third kappa shape index (κ3) is 4.49. The topological polar surface area (TPSA) is 63.6 Å². The van der Waals surface area contributed by atoms with Gasteiger partial charge in [-0.05, 0) is 29.8 Å². The summed E-state index contributed by atoms with van der Waals surface area (Å²) in [5, 5.41) is 3.76. The minimum atomic E-state index is -0.431. The number of hydrogen-bond donors (Lipinski definition) is 1. The Morgan fingerprint density at radius 2 is 2.15 bits per heavy atom. The van der Waals surface area contributed by atoms with Crippen molar-refractivity contribution in [3.8, 4) is 5.75 Å². The van der Waals surface area contributed by atoms with Crippen LogP contribution in [-0.2, 0) is 4.79 Å². The lowest BCUT2D eigenvalue weighted by Gasteiger charge is -2.04. The van der Waals surface area contributed by atoms with Crippen LogP contribution in [0.4, 0.5) is 4.39 Å². The van der Waals surface area contributed by atoms with Gasteiger partial charge < -0.3 is 4.74 Å². The van der Waals surface area contributed by atoms with E-state index in [1.165, 1.54) is 24.4 Å². The zero-order valence-corrected chi connectivity index (χ0v) is 10.5. The van der Waals surface area contributed by atoms with Crippen LogP contribution in [0.5, 0.6) is 5.75 Å². The number of carbonyl (C=O) groups excluding carboxylic acids is 1. The number of benzene rings is 1. The van der Waals surface area contributed by atoms with Crippen LogP contribution in [0.1, 0.15) is 5.56 Å². The number of amides is 1. The largest absolute Gasteiger partial charge is 0.484 e. The second kappa shape index (κ2) is 6.98. The fraction of sp³-hybridized carbons (Fsp3) is 0.0714. The molecule has 2 aromatic rings. The maximum absolute atomic E-state index is 12.9. The first-order chi connectivity index (χ1) is 9.74. The molecule has 6 heteroatoms. The van der Waals surface area contributed by atoms with Crippen LogP contribution in [0.15, 0.2) is 53.9 Å². The van der Waals surface area contributed by atoms with Gasteiger partial charge in [0, 0.05) is 18.5 Å². The highest BCUT2D eigenvalue weighted by Gasteiger charge is 2.01. The molecule has 0 radical (unpaired) electrons. The molecule has 1 heterocycles. The smallest absolute Gasteiger partial charge is 0.277 e. The minimum Gasteiger partial charge on any atom is -0.484 e. The molecule has 2 rings (SSSR count). The number of hydrogen-bond acceptors (Lipinski definition) is 4. The van der Waals surface area contributed by atoms with E-state index in [1.807, 2.05) is 0 Å². The van der Waals surface area contributed by atoms with Gasteiger partial charge in [0.15, 0.2) is 6.61 Å². The highest BCUT2D eigenvalue weighted by atomic mass is 19.1. The van der Waals surface area contributed by atoms with Crippen LogP contribution < -0.4 is 10.2 Å². The molecule has 1 N–H and O–H groups in total. The average Bonchev–Trinajstić information content (AvgIpc) is 2.46. The van der Waals surface area contributed by atoms with Crippen LogP contribution in [0.2, 0.25) is 0 Å². The van der Waals surface area contributed by atoms with E-state index in [0.717, 1.165) is 5.56 Å². The fourth-order valence-electron chi connectivity index (χ4n) is 1.37. The van der Waals surface area contributed by atoms with Crippen molar-refractivity contribution < 1.29 is 13.9 Å². The number of ether oxygens (including phenoxy) is 1. The zero-order chi connectivity index (χ0) is 14.2. The Morgan fingerprint density at radius 1 is 1.35 bits per heavy atom. The molecule has 0 aliphatic rings. The van der Waals surface area contributed by atoms with E-state index in [9.17, 15) is 9.18 Å². The molecule has 5 nitrogen and oxygen atoms in total. The maximum atomic E-state index is 12.9. The second-order valence-corrected chi connectivity index (χ2v) is 3.82. The summed E-state index contributed by atoms with van der Waals surface area (Å²) in [6, 6.07) is 9.07. The van der Waals surface area contributed by atoms with Gasteiger partial charge in [-0.2, -0.15) is 5.10 Å². The molecule has 0 aliphatic carbocycles. The van der Waals surface area contributed by atoms with Crippen molar-refractivity contribution in [2.24, 2.45) is 5.10 Å². The Bertz CT molecular complexity index is 602. The minimum absolute atomic E-state index is 0.239. The SMILES string of the molecule is O=C(COc1cccc(F)c1)N/N=C\c1ccncc1. The van der Waals surface area contributed by atoms with Crippen LogP contribution in [0.3, 0.4) is 0 Å². The van der Waals surface area contributed by atoms with Gasteiger partial charge in [0.25, 0.3) is 5.91 Å². The predicted molar refractivity (Wildman–Crippen MR) is 71.9 cm³/mol. The molecule has 0 bridgehead atoms. The second-order valence-electron chi connectivity index (χ2n) is 3.82. The van der Waals surface area contributed by atoms with Gasteiger partial charge in [0.05, 0.1) is 6.21 Å². The molecule has 1 aromatic carbocycles. The summed E-state index contributed by atoms with van der Waals surface area (Å²) in [5.41, 5.74) is 3.12. The number of nitrogens with zero attached hydrogens (tertiary/aromatic N) is 2. The number of rotatable bonds is 5. The lowest BCUT2D eigenvalue weighted by molar-refractivity contribution is -0.123. The van der Waals surface area contributed by atoms with Gasteiger partial charge >= 0.3 is 0 Å². The molecule has 1 aromatic heterocycles. The lowest BCUT2D eigenvalue weighted by Crippen LogP contribution is -2.24. The van der Waals surface area contributed by atoms with Gasteiger partial charge in [-0.1, -0.05) is 6.07 Å². The summed E-state index contributed by atoms with van der Waals surface area (Å²) < 4.78 is 18.0. The van der Waals surface area contributed by atoms with Crippen LogP contribution in [-0.4, -0.2) is 23.7 Å². The van der Waals surface area contributed by atoms with Crippen molar-refractivity contribution in [3.05, 3.63) is 60.2 Å². The maximum Gasteiger partial charge on any atom is 0.277 e. The molecule has 0 unspecified atom stereocenters. The van der Waals surface area contributed by atoms with Gasteiger partial charge in [-0.15, -0.1) is 0 Å². The van der Waals surface area contributed by atoms with E-state index < -0.39 is 11.7 Å². The van der Waals surface area contributed by atoms with E-state index in [1.54, 1.807) is 30.6 Å². The van der Waals surface area contributed by atoms with E-state index in [-0.39, 0.29) is 6.61 Å².